The molecule has 5 rings (SSSR count). The third-order valence-corrected chi connectivity index (χ3v) is 8.95. The summed E-state index contributed by atoms with van der Waals surface area (Å²) in [6.07, 6.45) is 0.788. The van der Waals surface area contributed by atoms with Gasteiger partial charge in [-0.2, -0.15) is 0 Å². The predicted octanol–water partition coefficient (Wildman–Crippen LogP) is 7.54. The molecular weight excluding hydrogens is 515 g/mol. The fourth-order valence-corrected chi connectivity index (χ4v) is 7.28. The van der Waals surface area contributed by atoms with Gasteiger partial charge in [0, 0.05) is 27.4 Å². The predicted molar refractivity (Wildman–Crippen MR) is 130 cm³/mol. The van der Waals surface area contributed by atoms with E-state index in [2.05, 4.69) is 27.3 Å². The zero-order valence-corrected chi connectivity index (χ0v) is 19.9. The number of fused-ring (bicyclic) bond motifs is 3. The molecule has 3 aromatic rings. The van der Waals surface area contributed by atoms with E-state index in [0.29, 0.717) is 4.90 Å². The molecule has 1 aliphatic carbocycles. The summed E-state index contributed by atoms with van der Waals surface area (Å²) in [5, 5.41) is 15.0. The number of nitro groups is 1. The molecule has 0 aromatic heterocycles. The highest BCUT2D eigenvalue weighted by Gasteiger charge is 2.50. The molecule has 0 bridgehead atoms. The van der Waals surface area contributed by atoms with Crippen molar-refractivity contribution in [3.05, 3.63) is 98.3 Å². The van der Waals surface area contributed by atoms with Gasteiger partial charge >= 0.3 is 0 Å². The lowest BCUT2D eigenvalue weighted by atomic mass is 9.77. The Morgan fingerprint density at radius 3 is 2.62 bits per heavy atom. The number of thioether (sulfide) groups is 1. The zero-order chi connectivity index (χ0) is 22.4. The summed E-state index contributed by atoms with van der Waals surface area (Å²) in [6, 6.07) is 19.5. The van der Waals surface area contributed by atoms with Crippen LogP contribution in [-0.4, -0.2) is 15.6 Å². The van der Waals surface area contributed by atoms with Crippen LogP contribution in [0.2, 0.25) is 0 Å². The van der Waals surface area contributed by atoms with E-state index >= 15 is 0 Å². The van der Waals surface area contributed by atoms with Crippen LogP contribution in [0.15, 0.2) is 76.1 Å². The van der Waals surface area contributed by atoms with Gasteiger partial charge < -0.3 is 5.32 Å². The third kappa shape index (κ3) is 3.91. The molecule has 4 nitrogen and oxygen atoms in total. The van der Waals surface area contributed by atoms with Gasteiger partial charge in [0.05, 0.1) is 21.2 Å². The first-order valence-electron chi connectivity index (χ1n) is 10.3. The van der Waals surface area contributed by atoms with E-state index < -0.39 is 0 Å². The smallest absolute Gasteiger partial charge is 0.282 e. The number of nitrogens with one attached hydrogen (secondary N) is 1. The van der Waals surface area contributed by atoms with Crippen molar-refractivity contribution in [2.45, 2.75) is 33.9 Å². The van der Waals surface area contributed by atoms with Crippen LogP contribution >= 0.6 is 39.3 Å². The van der Waals surface area contributed by atoms with Crippen LogP contribution < -0.4 is 5.32 Å². The summed E-state index contributed by atoms with van der Waals surface area (Å²) in [4.78, 5) is 11.8. The highest BCUT2D eigenvalue weighted by Crippen LogP contribution is 2.58. The van der Waals surface area contributed by atoms with Crippen LogP contribution in [-0.2, 0) is 0 Å². The van der Waals surface area contributed by atoms with Crippen molar-refractivity contribution in [1.82, 2.24) is 0 Å². The number of halogens is 3. The van der Waals surface area contributed by atoms with Crippen molar-refractivity contribution in [3.8, 4) is 0 Å². The maximum absolute atomic E-state index is 13.6. The molecule has 0 spiro atoms. The van der Waals surface area contributed by atoms with Gasteiger partial charge in [-0.3, -0.25) is 10.1 Å². The van der Waals surface area contributed by atoms with Gasteiger partial charge in [0.1, 0.15) is 5.82 Å². The number of para-hydroxylation sites is 1. The molecule has 8 heteroatoms. The number of rotatable bonds is 4. The minimum absolute atomic E-state index is 0.00227. The number of benzene rings is 3. The summed E-state index contributed by atoms with van der Waals surface area (Å²) in [7, 11) is 0. The average molecular weight is 534 g/mol. The lowest BCUT2D eigenvalue weighted by Gasteiger charge is -2.38. The van der Waals surface area contributed by atoms with Crippen LogP contribution in [0.5, 0.6) is 0 Å². The molecule has 1 saturated carbocycles. The SMILES string of the molecule is O=[N+]([O-])c1ccccc1S[C@@H]1C[C@H]2[C@H](c3cc(Br)ccc3N[C@H]2c2ccc(F)cc2)[C@H]1Cl. The highest BCUT2D eigenvalue weighted by molar-refractivity contribution is 9.10. The lowest BCUT2D eigenvalue weighted by molar-refractivity contribution is -0.387. The molecule has 5 atom stereocenters. The topological polar surface area (TPSA) is 55.2 Å². The normalized spacial score (nSPS) is 26.2. The molecule has 0 radical (unpaired) electrons. The van der Waals surface area contributed by atoms with Gasteiger partial charge in [-0.1, -0.05) is 40.2 Å². The Kier molecular flexibility index (Phi) is 5.90. The third-order valence-electron chi connectivity index (χ3n) is 6.35. The van der Waals surface area contributed by atoms with Crippen LogP contribution in [0.1, 0.15) is 29.5 Å². The molecular formula is C24H19BrClFN2O2S. The van der Waals surface area contributed by atoms with E-state index in [-0.39, 0.29) is 44.9 Å². The molecule has 1 N–H and O–H groups in total. The molecule has 1 fully saturated rings. The van der Waals surface area contributed by atoms with Crippen molar-refractivity contribution in [2.24, 2.45) is 5.92 Å². The van der Waals surface area contributed by atoms with E-state index in [1.165, 1.54) is 30.0 Å². The second-order valence-electron chi connectivity index (χ2n) is 8.16. The van der Waals surface area contributed by atoms with E-state index in [1.807, 2.05) is 30.3 Å². The Bertz CT molecular complexity index is 1180. The fourth-order valence-electron chi connectivity index (χ4n) is 4.96. The van der Waals surface area contributed by atoms with Crippen molar-refractivity contribution < 1.29 is 9.31 Å². The maximum atomic E-state index is 13.6. The largest absolute Gasteiger partial charge is 0.378 e. The second kappa shape index (κ2) is 8.69. The van der Waals surface area contributed by atoms with Gasteiger partial charge in [0.2, 0.25) is 0 Å². The van der Waals surface area contributed by atoms with Crippen molar-refractivity contribution in [3.63, 3.8) is 0 Å². The van der Waals surface area contributed by atoms with Crippen molar-refractivity contribution in [2.75, 3.05) is 5.32 Å². The minimum Gasteiger partial charge on any atom is -0.378 e. The van der Waals surface area contributed by atoms with Crippen LogP contribution in [0.25, 0.3) is 0 Å². The first kappa shape index (κ1) is 21.7. The van der Waals surface area contributed by atoms with Gasteiger partial charge in [-0.05, 0) is 59.9 Å². The summed E-state index contributed by atoms with van der Waals surface area (Å²) in [5.41, 5.74) is 3.28. The molecule has 0 unspecified atom stereocenters. The first-order chi connectivity index (χ1) is 15.4. The Balaban J connectivity index is 1.53. The minimum atomic E-state index is -0.344. The van der Waals surface area contributed by atoms with Gasteiger partial charge in [0.25, 0.3) is 5.69 Å². The second-order valence-corrected chi connectivity index (χ2v) is 10.9. The molecule has 1 aliphatic heterocycles. The Hall–Kier alpha value is -2.09. The first-order valence-corrected chi connectivity index (χ1v) is 12.4. The Labute approximate surface area is 202 Å². The summed E-state index contributed by atoms with van der Waals surface area (Å²) in [5.74, 6) is -0.0253. The van der Waals surface area contributed by atoms with Gasteiger partial charge in [-0.25, -0.2) is 4.39 Å². The fraction of sp³-hybridized carbons (Fsp3) is 0.250. The number of hydrogen-bond donors (Lipinski definition) is 1. The van der Waals surface area contributed by atoms with Crippen LogP contribution in [0, 0.1) is 21.8 Å². The number of alkyl halides is 1. The van der Waals surface area contributed by atoms with Gasteiger partial charge in [-0.15, -0.1) is 23.4 Å². The number of nitro benzene ring substituents is 1. The van der Waals surface area contributed by atoms with Crippen molar-refractivity contribution in [1.29, 1.82) is 0 Å². The quantitative estimate of drug-likeness (QED) is 0.214. The standard InChI is InChI=1S/C24H19BrClFN2O2S/c25-14-7-10-18-16(11-14)22-17(24(28-18)13-5-8-15(27)9-6-13)12-21(23(22)26)32-20-4-2-1-3-19(20)29(30)31/h1-11,17,21-24,28H,12H2/t17-,21+,22-,23-,24-/m0/s1. The zero-order valence-electron chi connectivity index (χ0n) is 16.8. The maximum Gasteiger partial charge on any atom is 0.282 e. The van der Waals surface area contributed by atoms with E-state index in [1.54, 1.807) is 12.1 Å². The molecule has 2 aliphatic rings. The lowest BCUT2D eigenvalue weighted by Crippen LogP contribution is -2.31. The van der Waals surface area contributed by atoms with E-state index in [9.17, 15) is 14.5 Å². The van der Waals surface area contributed by atoms with Crippen LogP contribution in [0.4, 0.5) is 15.8 Å². The Morgan fingerprint density at radius 1 is 1.12 bits per heavy atom. The number of nitrogens with zero attached hydrogens (tertiary/aromatic N) is 1. The molecule has 1 heterocycles. The van der Waals surface area contributed by atoms with Crippen molar-refractivity contribution >= 4 is 50.7 Å². The highest BCUT2D eigenvalue weighted by atomic mass is 79.9. The summed E-state index contributed by atoms with van der Waals surface area (Å²) < 4.78 is 14.6. The Morgan fingerprint density at radius 2 is 1.88 bits per heavy atom. The summed E-state index contributed by atoms with van der Waals surface area (Å²) in [6.45, 7) is 0. The summed E-state index contributed by atoms with van der Waals surface area (Å²) >= 11 is 12.2. The van der Waals surface area contributed by atoms with E-state index in [4.69, 9.17) is 11.6 Å². The molecule has 164 valence electrons. The molecule has 3 aromatic carbocycles. The number of hydrogen-bond acceptors (Lipinski definition) is 4. The average Bonchev–Trinajstić information content (AvgIpc) is 3.10. The molecule has 32 heavy (non-hydrogen) atoms. The monoisotopic (exact) mass is 532 g/mol. The molecule has 0 saturated heterocycles. The van der Waals surface area contributed by atoms with Gasteiger partial charge in [0.15, 0.2) is 0 Å². The molecule has 0 amide bonds. The number of anilines is 1. The van der Waals surface area contributed by atoms with Crippen LogP contribution in [0.3, 0.4) is 0 Å². The van der Waals surface area contributed by atoms with E-state index in [0.717, 1.165) is 27.7 Å².